The normalized spacial score (nSPS) is 13.3. The lowest BCUT2D eigenvalue weighted by Gasteiger charge is -2.26. The SMILES string of the molecule is COCC(CNC(C)(C)C)Oc1cc(Cl)c(Cl)cc1Cl. The van der Waals surface area contributed by atoms with Gasteiger partial charge in [0.2, 0.25) is 0 Å². The summed E-state index contributed by atoms with van der Waals surface area (Å²) in [5, 5.41) is 4.60. The average molecular weight is 341 g/mol. The minimum absolute atomic E-state index is 0.00319. The Kier molecular flexibility index (Phi) is 6.89. The van der Waals surface area contributed by atoms with Crippen molar-refractivity contribution in [2.75, 3.05) is 20.3 Å². The lowest BCUT2D eigenvalue weighted by molar-refractivity contribution is 0.0765. The van der Waals surface area contributed by atoms with E-state index in [-0.39, 0.29) is 11.6 Å². The van der Waals surface area contributed by atoms with Crippen LogP contribution in [-0.2, 0) is 4.74 Å². The third-order valence-corrected chi connectivity index (χ3v) is 3.50. The predicted octanol–water partition coefficient (Wildman–Crippen LogP) is 4.43. The second kappa shape index (κ2) is 7.71. The molecule has 0 saturated heterocycles. The van der Waals surface area contributed by atoms with E-state index in [9.17, 15) is 0 Å². The van der Waals surface area contributed by atoms with Gasteiger partial charge in [-0.05, 0) is 26.8 Å². The van der Waals surface area contributed by atoms with Gasteiger partial charge in [0.05, 0.1) is 21.7 Å². The van der Waals surface area contributed by atoms with Gasteiger partial charge in [-0.25, -0.2) is 0 Å². The maximum Gasteiger partial charge on any atom is 0.140 e. The summed E-state index contributed by atoms with van der Waals surface area (Å²) in [4.78, 5) is 0. The van der Waals surface area contributed by atoms with E-state index in [1.54, 1.807) is 19.2 Å². The summed E-state index contributed by atoms with van der Waals surface area (Å²) in [5.74, 6) is 0.499. The smallest absolute Gasteiger partial charge is 0.140 e. The van der Waals surface area contributed by atoms with E-state index in [2.05, 4.69) is 26.1 Å². The summed E-state index contributed by atoms with van der Waals surface area (Å²) in [6.07, 6.45) is -0.172. The summed E-state index contributed by atoms with van der Waals surface area (Å²) in [7, 11) is 1.63. The third-order valence-electron chi connectivity index (χ3n) is 2.48. The number of hydrogen-bond donors (Lipinski definition) is 1. The topological polar surface area (TPSA) is 30.5 Å². The Hall–Kier alpha value is -0.190. The predicted molar refractivity (Wildman–Crippen MR) is 85.5 cm³/mol. The van der Waals surface area contributed by atoms with Gasteiger partial charge in [-0.1, -0.05) is 34.8 Å². The zero-order valence-corrected chi connectivity index (χ0v) is 14.4. The van der Waals surface area contributed by atoms with Gasteiger partial charge >= 0.3 is 0 Å². The van der Waals surface area contributed by atoms with Gasteiger partial charge in [0, 0.05) is 25.3 Å². The van der Waals surface area contributed by atoms with E-state index in [1.807, 2.05) is 0 Å². The first kappa shape index (κ1) is 17.9. The molecule has 6 heteroatoms. The van der Waals surface area contributed by atoms with Crippen molar-refractivity contribution in [1.82, 2.24) is 5.32 Å². The Labute approximate surface area is 135 Å². The lowest BCUT2D eigenvalue weighted by atomic mass is 10.1. The van der Waals surface area contributed by atoms with Crippen LogP contribution in [0.4, 0.5) is 0 Å². The number of nitrogens with one attached hydrogen (secondary N) is 1. The summed E-state index contributed by atoms with van der Waals surface area (Å²) >= 11 is 18.0. The second-order valence-electron chi connectivity index (χ2n) is 5.52. The number of ether oxygens (including phenoxy) is 2. The molecule has 0 radical (unpaired) electrons. The van der Waals surface area contributed by atoms with Crippen molar-refractivity contribution in [3.05, 3.63) is 27.2 Å². The van der Waals surface area contributed by atoms with E-state index < -0.39 is 0 Å². The van der Waals surface area contributed by atoms with Crippen LogP contribution >= 0.6 is 34.8 Å². The van der Waals surface area contributed by atoms with Crippen LogP contribution in [0.3, 0.4) is 0 Å². The Morgan fingerprint density at radius 2 is 1.70 bits per heavy atom. The Bertz CT molecular complexity index is 447. The first-order valence-electron chi connectivity index (χ1n) is 6.28. The van der Waals surface area contributed by atoms with E-state index in [1.165, 1.54) is 0 Å². The van der Waals surface area contributed by atoms with E-state index in [0.717, 1.165) is 0 Å². The molecule has 3 nitrogen and oxygen atoms in total. The van der Waals surface area contributed by atoms with E-state index in [0.29, 0.717) is 34.0 Å². The van der Waals surface area contributed by atoms with Crippen molar-refractivity contribution in [2.45, 2.75) is 32.4 Å². The van der Waals surface area contributed by atoms with Crippen molar-refractivity contribution in [3.63, 3.8) is 0 Å². The maximum atomic E-state index is 6.11. The molecule has 1 unspecified atom stereocenters. The molecule has 0 heterocycles. The van der Waals surface area contributed by atoms with Gasteiger partial charge in [-0.15, -0.1) is 0 Å². The number of rotatable bonds is 6. The maximum absolute atomic E-state index is 6.11. The highest BCUT2D eigenvalue weighted by molar-refractivity contribution is 6.43. The molecule has 1 rings (SSSR count). The molecule has 0 aromatic heterocycles. The summed E-state index contributed by atoms with van der Waals surface area (Å²) < 4.78 is 11.0. The zero-order chi connectivity index (χ0) is 15.3. The minimum atomic E-state index is -0.172. The van der Waals surface area contributed by atoms with Gasteiger partial charge in [-0.2, -0.15) is 0 Å². The van der Waals surface area contributed by atoms with Gasteiger partial charge in [0.25, 0.3) is 0 Å². The van der Waals surface area contributed by atoms with Crippen molar-refractivity contribution in [1.29, 1.82) is 0 Å². The fourth-order valence-electron chi connectivity index (χ4n) is 1.51. The van der Waals surface area contributed by atoms with E-state index in [4.69, 9.17) is 44.3 Å². The van der Waals surface area contributed by atoms with Crippen LogP contribution in [0.15, 0.2) is 12.1 Å². The third kappa shape index (κ3) is 6.06. The highest BCUT2D eigenvalue weighted by Crippen LogP contribution is 2.34. The van der Waals surface area contributed by atoms with Crippen LogP contribution in [0.25, 0.3) is 0 Å². The molecular weight excluding hydrogens is 321 g/mol. The van der Waals surface area contributed by atoms with Crippen LogP contribution < -0.4 is 10.1 Å². The van der Waals surface area contributed by atoms with Crippen molar-refractivity contribution in [2.24, 2.45) is 0 Å². The molecule has 20 heavy (non-hydrogen) atoms. The highest BCUT2D eigenvalue weighted by Gasteiger charge is 2.17. The molecule has 0 aliphatic heterocycles. The van der Waals surface area contributed by atoms with Crippen LogP contribution in [0, 0.1) is 0 Å². The van der Waals surface area contributed by atoms with Crippen molar-refractivity contribution in [3.8, 4) is 5.75 Å². The molecule has 0 fully saturated rings. The molecule has 1 N–H and O–H groups in total. The molecule has 1 atom stereocenters. The molecule has 0 aliphatic carbocycles. The molecule has 0 amide bonds. The van der Waals surface area contributed by atoms with Gasteiger partial charge < -0.3 is 14.8 Å². The Balaban J connectivity index is 2.77. The standard InChI is InChI=1S/C14H20Cl3NO2/c1-14(2,3)18-7-9(8-19-4)20-13-6-11(16)10(15)5-12(13)17/h5-6,9,18H,7-8H2,1-4H3. The van der Waals surface area contributed by atoms with Crippen LogP contribution in [0.1, 0.15) is 20.8 Å². The minimum Gasteiger partial charge on any atom is -0.485 e. The van der Waals surface area contributed by atoms with Crippen molar-refractivity contribution < 1.29 is 9.47 Å². The molecular formula is C14H20Cl3NO2. The van der Waals surface area contributed by atoms with Gasteiger partial charge in [0.15, 0.2) is 0 Å². The molecule has 1 aromatic rings. The van der Waals surface area contributed by atoms with Crippen molar-refractivity contribution >= 4 is 34.8 Å². The lowest BCUT2D eigenvalue weighted by Crippen LogP contribution is -2.44. The van der Waals surface area contributed by atoms with Crippen LogP contribution in [0.5, 0.6) is 5.75 Å². The number of halogens is 3. The summed E-state index contributed by atoms with van der Waals surface area (Å²) in [6.45, 7) is 7.34. The molecule has 0 saturated carbocycles. The number of methoxy groups -OCH3 is 1. The Morgan fingerprint density at radius 3 is 2.25 bits per heavy atom. The fourth-order valence-corrected chi connectivity index (χ4v) is 2.10. The summed E-state index contributed by atoms with van der Waals surface area (Å²) in [6, 6.07) is 3.19. The molecule has 114 valence electrons. The van der Waals surface area contributed by atoms with Gasteiger partial charge in [0.1, 0.15) is 11.9 Å². The molecule has 0 aliphatic rings. The quantitative estimate of drug-likeness (QED) is 0.777. The molecule has 0 spiro atoms. The highest BCUT2D eigenvalue weighted by atomic mass is 35.5. The zero-order valence-electron chi connectivity index (χ0n) is 12.1. The average Bonchev–Trinajstić information content (AvgIpc) is 2.32. The number of hydrogen-bond acceptors (Lipinski definition) is 3. The largest absolute Gasteiger partial charge is 0.485 e. The van der Waals surface area contributed by atoms with Crippen LogP contribution in [0.2, 0.25) is 15.1 Å². The monoisotopic (exact) mass is 339 g/mol. The van der Waals surface area contributed by atoms with Crippen LogP contribution in [-0.4, -0.2) is 31.9 Å². The first-order chi connectivity index (χ1) is 9.23. The molecule has 0 bridgehead atoms. The summed E-state index contributed by atoms with van der Waals surface area (Å²) in [5.41, 5.74) is -0.00319. The second-order valence-corrected chi connectivity index (χ2v) is 6.74. The van der Waals surface area contributed by atoms with Gasteiger partial charge in [-0.3, -0.25) is 0 Å². The Morgan fingerprint density at radius 1 is 1.10 bits per heavy atom. The molecule has 1 aromatic carbocycles. The van der Waals surface area contributed by atoms with E-state index >= 15 is 0 Å². The first-order valence-corrected chi connectivity index (χ1v) is 7.41. The number of benzene rings is 1. The fraction of sp³-hybridized carbons (Fsp3) is 0.571.